The molecular formula is C17H16F4N2O3. The maximum atomic E-state index is 13.4. The molecule has 1 amide bonds. The van der Waals surface area contributed by atoms with Crippen molar-refractivity contribution in [2.24, 2.45) is 5.73 Å². The highest BCUT2D eigenvalue weighted by Gasteiger charge is 2.30. The van der Waals surface area contributed by atoms with Gasteiger partial charge in [0.1, 0.15) is 23.9 Å². The van der Waals surface area contributed by atoms with Gasteiger partial charge in [-0.1, -0.05) is 12.1 Å². The van der Waals surface area contributed by atoms with Gasteiger partial charge in [-0.2, -0.15) is 0 Å². The fraction of sp³-hybridized carbons (Fsp3) is 0.235. The van der Waals surface area contributed by atoms with E-state index in [1.54, 1.807) is 0 Å². The van der Waals surface area contributed by atoms with E-state index in [1.165, 1.54) is 18.2 Å². The van der Waals surface area contributed by atoms with Crippen molar-refractivity contribution in [3.63, 3.8) is 0 Å². The van der Waals surface area contributed by atoms with Gasteiger partial charge in [-0.25, -0.2) is 4.39 Å². The molecule has 0 aliphatic heterocycles. The summed E-state index contributed by atoms with van der Waals surface area (Å²) in [5.41, 5.74) is 5.87. The Morgan fingerprint density at radius 1 is 1.12 bits per heavy atom. The normalized spacial score (nSPS) is 11.1. The van der Waals surface area contributed by atoms with Crippen LogP contribution in [0.2, 0.25) is 0 Å². The molecule has 0 unspecified atom stereocenters. The highest BCUT2D eigenvalue weighted by atomic mass is 19.4. The third kappa shape index (κ3) is 5.92. The fourth-order valence-electron chi connectivity index (χ4n) is 2.06. The maximum Gasteiger partial charge on any atom is 0.573 e. The molecule has 2 rings (SSSR count). The zero-order valence-corrected chi connectivity index (χ0v) is 13.5. The average Bonchev–Trinajstić information content (AvgIpc) is 2.58. The minimum atomic E-state index is -4.77. The van der Waals surface area contributed by atoms with Gasteiger partial charge in [-0.15, -0.1) is 13.2 Å². The molecule has 5 nitrogen and oxygen atoms in total. The molecule has 9 heteroatoms. The van der Waals surface area contributed by atoms with Crippen molar-refractivity contribution in [2.45, 2.75) is 12.9 Å². The van der Waals surface area contributed by atoms with E-state index < -0.39 is 18.1 Å². The van der Waals surface area contributed by atoms with Crippen LogP contribution in [0.4, 0.5) is 17.6 Å². The molecule has 0 bridgehead atoms. The van der Waals surface area contributed by atoms with Crippen LogP contribution in [0.3, 0.4) is 0 Å². The van der Waals surface area contributed by atoms with Gasteiger partial charge in [0.25, 0.3) is 5.91 Å². The molecule has 0 radical (unpaired) electrons. The second-order valence-corrected chi connectivity index (χ2v) is 5.15. The molecule has 2 aromatic carbocycles. The fourth-order valence-corrected chi connectivity index (χ4v) is 2.06. The number of amides is 1. The van der Waals surface area contributed by atoms with Crippen molar-refractivity contribution in [2.75, 3.05) is 13.2 Å². The smallest absolute Gasteiger partial charge is 0.491 e. The van der Waals surface area contributed by atoms with Crippen molar-refractivity contribution >= 4 is 5.91 Å². The van der Waals surface area contributed by atoms with Gasteiger partial charge in [-0.3, -0.25) is 4.79 Å². The Hall–Kier alpha value is -2.81. The number of nitrogens with two attached hydrogens (primary N) is 1. The molecule has 0 saturated carbocycles. The summed E-state index contributed by atoms with van der Waals surface area (Å²) in [7, 11) is 0. The zero-order chi connectivity index (χ0) is 19.2. The predicted octanol–water partition coefficient (Wildman–Crippen LogP) is 2.99. The average molecular weight is 372 g/mol. The minimum absolute atomic E-state index is 0.00419. The van der Waals surface area contributed by atoms with Crippen LogP contribution in [-0.2, 0) is 6.54 Å². The molecule has 0 aliphatic rings. The van der Waals surface area contributed by atoms with Crippen LogP contribution >= 0.6 is 0 Å². The van der Waals surface area contributed by atoms with E-state index in [0.717, 1.165) is 24.3 Å². The number of hydrogen-bond acceptors (Lipinski definition) is 4. The summed E-state index contributed by atoms with van der Waals surface area (Å²) >= 11 is 0. The molecule has 26 heavy (non-hydrogen) atoms. The van der Waals surface area contributed by atoms with Crippen LogP contribution < -0.4 is 20.5 Å². The second kappa shape index (κ2) is 8.52. The summed E-state index contributed by atoms with van der Waals surface area (Å²) in [6.45, 7) is 0.412. The van der Waals surface area contributed by atoms with Crippen LogP contribution in [0, 0.1) is 5.82 Å². The number of nitrogens with one attached hydrogen (secondary N) is 1. The lowest BCUT2D eigenvalue weighted by Gasteiger charge is -2.12. The Balaban J connectivity index is 2.01. The molecule has 0 fully saturated rings. The van der Waals surface area contributed by atoms with Crippen molar-refractivity contribution in [1.82, 2.24) is 5.32 Å². The Morgan fingerprint density at radius 3 is 2.42 bits per heavy atom. The van der Waals surface area contributed by atoms with Gasteiger partial charge in [0, 0.05) is 13.1 Å². The lowest BCUT2D eigenvalue weighted by molar-refractivity contribution is -0.274. The van der Waals surface area contributed by atoms with Crippen LogP contribution in [0.15, 0.2) is 42.5 Å². The number of alkyl halides is 3. The van der Waals surface area contributed by atoms with E-state index in [-0.39, 0.29) is 36.8 Å². The van der Waals surface area contributed by atoms with Crippen LogP contribution in [-0.4, -0.2) is 25.4 Å². The molecule has 0 saturated heterocycles. The highest BCUT2D eigenvalue weighted by Crippen LogP contribution is 2.23. The molecule has 3 N–H and O–H groups in total. The molecular weight excluding hydrogens is 356 g/mol. The first kappa shape index (κ1) is 19.5. The molecule has 0 heterocycles. The van der Waals surface area contributed by atoms with E-state index in [4.69, 9.17) is 10.5 Å². The van der Waals surface area contributed by atoms with E-state index >= 15 is 0 Å². The summed E-state index contributed by atoms with van der Waals surface area (Å²) in [6.07, 6.45) is -4.77. The SMILES string of the molecule is NCCOc1ccc(F)cc1C(=O)NCc1ccc(OC(F)(F)F)cc1. The number of halogens is 4. The first-order chi connectivity index (χ1) is 12.3. The number of carbonyl (C=O) groups excluding carboxylic acids is 1. The second-order valence-electron chi connectivity index (χ2n) is 5.15. The molecule has 0 spiro atoms. The molecule has 2 aromatic rings. The van der Waals surface area contributed by atoms with Crippen LogP contribution in [0.25, 0.3) is 0 Å². The van der Waals surface area contributed by atoms with Gasteiger partial charge in [-0.05, 0) is 35.9 Å². The van der Waals surface area contributed by atoms with Crippen LogP contribution in [0.5, 0.6) is 11.5 Å². The third-order valence-corrected chi connectivity index (χ3v) is 3.17. The Morgan fingerprint density at radius 2 is 1.81 bits per heavy atom. The van der Waals surface area contributed by atoms with Gasteiger partial charge in [0.05, 0.1) is 5.56 Å². The van der Waals surface area contributed by atoms with E-state index in [0.29, 0.717) is 5.56 Å². The Bertz CT molecular complexity index is 749. The number of benzene rings is 2. The molecule has 0 aliphatic carbocycles. The predicted molar refractivity (Wildman–Crippen MR) is 85.2 cm³/mol. The largest absolute Gasteiger partial charge is 0.573 e. The molecule has 140 valence electrons. The van der Waals surface area contributed by atoms with E-state index in [2.05, 4.69) is 10.1 Å². The van der Waals surface area contributed by atoms with Gasteiger partial charge in [0.2, 0.25) is 0 Å². The van der Waals surface area contributed by atoms with Gasteiger partial charge < -0.3 is 20.5 Å². The number of carbonyl (C=O) groups is 1. The minimum Gasteiger partial charge on any atom is -0.491 e. The summed E-state index contributed by atoms with van der Waals surface area (Å²) in [4.78, 5) is 12.2. The quantitative estimate of drug-likeness (QED) is 0.733. The maximum absolute atomic E-state index is 13.4. The summed E-state index contributed by atoms with van der Waals surface area (Å²) < 4.78 is 58.8. The number of hydrogen-bond donors (Lipinski definition) is 2. The number of ether oxygens (including phenoxy) is 2. The molecule has 0 atom stereocenters. The van der Waals surface area contributed by atoms with Gasteiger partial charge in [0.15, 0.2) is 0 Å². The molecule has 0 aromatic heterocycles. The first-order valence-corrected chi connectivity index (χ1v) is 7.54. The Labute approximate surface area is 146 Å². The zero-order valence-electron chi connectivity index (χ0n) is 13.5. The lowest BCUT2D eigenvalue weighted by Crippen LogP contribution is -2.24. The Kier molecular flexibility index (Phi) is 6.40. The standard InChI is InChI=1S/C17H16F4N2O3/c18-12-3-6-15(25-8-7-22)14(9-12)16(24)23-10-11-1-4-13(5-2-11)26-17(19,20)21/h1-6,9H,7-8,10,22H2,(H,23,24). The van der Waals surface area contributed by atoms with Crippen LogP contribution in [0.1, 0.15) is 15.9 Å². The van der Waals surface area contributed by atoms with Crippen molar-refractivity contribution in [1.29, 1.82) is 0 Å². The lowest BCUT2D eigenvalue weighted by atomic mass is 10.1. The van der Waals surface area contributed by atoms with E-state index in [9.17, 15) is 22.4 Å². The highest BCUT2D eigenvalue weighted by molar-refractivity contribution is 5.96. The van der Waals surface area contributed by atoms with E-state index in [1.807, 2.05) is 0 Å². The van der Waals surface area contributed by atoms with Crippen molar-refractivity contribution < 1.29 is 31.8 Å². The van der Waals surface area contributed by atoms with Crippen molar-refractivity contribution in [3.05, 3.63) is 59.4 Å². The summed E-state index contributed by atoms with van der Waals surface area (Å²) in [6, 6.07) is 8.52. The first-order valence-electron chi connectivity index (χ1n) is 7.54. The van der Waals surface area contributed by atoms with Gasteiger partial charge >= 0.3 is 6.36 Å². The topological polar surface area (TPSA) is 73.6 Å². The monoisotopic (exact) mass is 372 g/mol. The summed E-state index contributed by atoms with van der Waals surface area (Å²) in [5.74, 6) is -1.38. The third-order valence-electron chi connectivity index (χ3n) is 3.17. The summed E-state index contributed by atoms with van der Waals surface area (Å²) in [5, 5.41) is 2.55. The number of rotatable bonds is 7. The van der Waals surface area contributed by atoms with Crippen molar-refractivity contribution in [3.8, 4) is 11.5 Å².